The minimum absolute atomic E-state index is 0.739. The summed E-state index contributed by atoms with van der Waals surface area (Å²) in [6.45, 7) is 6.97. The zero-order chi connectivity index (χ0) is 11.3. The lowest BCUT2D eigenvalue weighted by atomic mass is 9.87. The highest BCUT2D eigenvalue weighted by molar-refractivity contribution is 5.23. The molecular formula is C14H25N. The fourth-order valence-corrected chi connectivity index (χ4v) is 2.00. The van der Waals surface area contributed by atoms with Crippen molar-refractivity contribution < 1.29 is 0 Å². The van der Waals surface area contributed by atoms with Gasteiger partial charge < -0.3 is 5.73 Å². The van der Waals surface area contributed by atoms with Crippen molar-refractivity contribution >= 4 is 0 Å². The summed E-state index contributed by atoms with van der Waals surface area (Å²) in [7, 11) is 0. The van der Waals surface area contributed by atoms with Gasteiger partial charge in [-0.05, 0) is 37.2 Å². The van der Waals surface area contributed by atoms with E-state index in [1.54, 1.807) is 5.57 Å². The van der Waals surface area contributed by atoms with E-state index in [1.807, 2.05) is 0 Å². The number of hydrogen-bond acceptors (Lipinski definition) is 1. The van der Waals surface area contributed by atoms with Gasteiger partial charge in [-0.15, -0.1) is 0 Å². The highest BCUT2D eigenvalue weighted by atomic mass is 14.6. The summed E-state index contributed by atoms with van der Waals surface area (Å²) >= 11 is 0. The number of allylic oxidation sites excluding steroid dienone is 4. The molecule has 0 saturated carbocycles. The Labute approximate surface area is 94.4 Å². The summed E-state index contributed by atoms with van der Waals surface area (Å²) in [5.74, 6) is 1.61. The molecule has 1 heteroatoms. The molecule has 15 heavy (non-hydrogen) atoms. The molecule has 1 aliphatic carbocycles. The van der Waals surface area contributed by atoms with E-state index in [9.17, 15) is 0 Å². The van der Waals surface area contributed by atoms with Crippen LogP contribution in [0.25, 0.3) is 0 Å². The lowest BCUT2D eigenvalue weighted by Crippen LogP contribution is -2.08. The number of nitrogens with two attached hydrogens (primary N) is 1. The predicted molar refractivity (Wildman–Crippen MR) is 67.4 cm³/mol. The molecule has 0 spiro atoms. The maximum atomic E-state index is 5.76. The lowest BCUT2D eigenvalue weighted by Gasteiger charge is -2.20. The first kappa shape index (κ1) is 12.4. The van der Waals surface area contributed by atoms with Crippen molar-refractivity contribution in [2.75, 3.05) is 0 Å². The van der Waals surface area contributed by atoms with E-state index < -0.39 is 0 Å². The highest BCUT2D eigenvalue weighted by Gasteiger charge is 2.12. The average molecular weight is 207 g/mol. The van der Waals surface area contributed by atoms with Crippen molar-refractivity contribution in [1.29, 1.82) is 0 Å². The van der Waals surface area contributed by atoms with Crippen LogP contribution in [0, 0.1) is 11.8 Å². The van der Waals surface area contributed by atoms with Gasteiger partial charge in [-0.2, -0.15) is 0 Å². The standard InChI is InChI=1S/C14H25N/c1-4-11(2)5-6-12(3)13-7-9-14(15)10-8-13/h7,9,11-12H,4-6,8,10,15H2,1-3H3. The van der Waals surface area contributed by atoms with Crippen LogP contribution in [0.1, 0.15) is 52.9 Å². The van der Waals surface area contributed by atoms with E-state index in [0.29, 0.717) is 0 Å². The zero-order valence-electron chi connectivity index (χ0n) is 10.4. The molecule has 2 atom stereocenters. The van der Waals surface area contributed by atoms with Crippen LogP contribution in [0.5, 0.6) is 0 Å². The molecule has 1 nitrogen and oxygen atoms in total. The molecular weight excluding hydrogens is 182 g/mol. The Balaban J connectivity index is 2.37. The molecule has 0 bridgehead atoms. The first-order valence-corrected chi connectivity index (χ1v) is 6.28. The Bertz CT molecular complexity index is 250. The SMILES string of the molecule is CCC(C)CCC(C)C1=CC=C(N)CC1. The van der Waals surface area contributed by atoms with Gasteiger partial charge in [0.05, 0.1) is 0 Å². The van der Waals surface area contributed by atoms with E-state index in [2.05, 4.69) is 32.9 Å². The van der Waals surface area contributed by atoms with Crippen LogP contribution in [0.3, 0.4) is 0 Å². The molecule has 2 N–H and O–H groups in total. The molecule has 0 aromatic rings. The van der Waals surface area contributed by atoms with Gasteiger partial charge in [-0.25, -0.2) is 0 Å². The molecule has 0 aromatic heterocycles. The Kier molecular flexibility index (Phi) is 4.93. The molecule has 0 radical (unpaired) electrons. The van der Waals surface area contributed by atoms with Crippen LogP contribution in [0.15, 0.2) is 23.4 Å². The van der Waals surface area contributed by atoms with Gasteiger partial charge in [-0.1, -0.05) is 45.3 Å². The van der Waals surface area contributed by atoms with Gasteiger partial charge in [0.15, 0.2) is 0 Å². The smallest absolute Gasteiger partial charge is 0.00836 e. The van der Waals surface area contributed by atoms with Crippen molar-refractivity contribution in [2.45, 2.75) is 52.9 Å². The summed E-state index contributed by atoms with van der Waals surface area (Å²) in [6.07, 6.45) is 10.5. The topological polar surface area (TPSA) is 26.0 Å². The molecule has 0 amide bonds. The summed E-state index contributed by atoms with van der Waals surface area (Å²) in [6, 6.07) is 0. The maximum Gasteiger partial charge on any atom is 0.00836 e. The van der Waals surface area contributed by atoms with Crippen molar-refractivity contribution in [2.24, 2.45) is 17.6 Å². The Hall–Kier alpha value is -0.720. The van der Waals surface area contributed by atoms with Gasteiger partial charge in [0.1, 0.15) is 0 Å². The highest BCUT2D eigenvalue weighted by Crippen LogP contribution is 2.27. The van der Waals surface area contributed by atoms with Gasteiger partial charge in [0.2, 0.25) is 0 Å². The molecule has 0 fully saturated rings. The van der Waals surface area contributed by atoms with Crippen molar-refractivity contribution in [1.82, 2.24) is 0 Å². The molecule has 86 valence electrons. The minimum Gasteiger partial charge on any atom is -0.402 e. The lowest BCUT2D eigenvalue weighted by molar-refractivity contribution is 0.445. The van der Waals surface area contributed by atoms with Crippen molar-refractivity contribution in [3.05, 3.63) is 23.4 Å². The van der Waals surface area contributed by atoms with Crippen molar-refractivity contribution in [3.8, 4) is 0 Å². The van der Waals surface area contributed by atoms with Crippen LogP contribution in [0.2, 0.25) is 0 Å². The predicted octanol–water partition coefficient (Wildman–Crippen LogP) is 4.01. The second-order valence-electron chi connectivity index (χ2n) is 4.97. The van der Waals surface area contributed by atoms with Gasteiger partial charge in [-0.3, -0.25) is 0 Å². The number of rotatable bonds is 5. The van der Waals surface area contributed by atoms with E-state index in [1.165, 1.54) is 25.7 Å². The summed E-state index contributed by atoms with van der Waals surface area (Å²) in [5.41, 5.74) is 8.38. The average Bonchev–Trinajstić information content (AvgIpc) is 2.26. The Morgan fingerprint density at radius 2 is 1.93 bits per heavy atom. The van der Waals surface area contributed by atoms with Crippen LogP contribution in [-0.2, 0) is 0 Å². The molecule has 0 aromatic carbocycles. The molecule has 0 heterocycles. The Morgan fingerprint density at radius 3 is 2.47 bits per heavy atom. The molecule has 1 rings (SSSR count). The third-order valence-corrected chi connectivity index (χ3v) is 3.64. The normalized spacial score (nSPS) is 20.5. The van der Waals surface area contributed by atoms with Crippen LogP contribution in [-0.4, -0.2) is 0 Å². The third kappa shape index (κ3) is 4.11. The molecule has 0 saturated heterocycles. The van der Waals surface area contributed by atoms with Gasteiger partial charge in [0.25, 0.3) is 0 Å². The monoisotopic (exact) mass is 207 g/mol. The first-order valence-electron chi connectivity index (χ1n) is 6.28. The van der Waals surface area contributed by atoms with Crippen LogP contribution in [0.4, 0.5) is 0 Å². The van der Waals surface area contributed by atoms with E-state index in [0.717, 1.165) is 24.0 Å². The summed E-state index contributed by atoms with van der Waals surface area (Å²) in [4.78, 5) is 0. The summed E-state index contributed by atoms with van der Waals surface area (Å²) in [5, 5.41) is 0. The third-order valence-electron chi connectivity index (χ3n) is 3.64. The molecule has 2 unspecified atom stereocenters. The fraction of sp³-hybridized carbons (Fsp3) is 0.714. The molecule has 0 aliphatic heterocycles. The van der Waals surface area contributed by atoms with Gasteiger partial charge >= 0.3 is 0 Å². The quantitative estimate of drug-likeness (QED) is 0.724. The van der Waals surface area contributed by atoms with Crippen LogP contribution >= 0.6 is 0 Å². The largest absolute Gasteiger partial charge is 0.402 e. The molecule has 1 aliphatic rings. The van der Waals surface area contributed by atoms with Crippen LogP contribution < -0.4 is 5.73 Å². The van der Waals surface area contributed by atoms with E-state index in [4.69, 9.17) is 5.73 Å². The Morgan fingerprint density at radius 1 is 1.20 bits per heavy atom. The zero-order valence-corrected chi connectivity index (χ0v) is 10.4. The van der Waals surface area contributed by atoms with E-state index in [-0.39, 0.29) is 0 Å². The number of hydrogen-bond donors (Lipinski definition) is 1. The second kappa shape index (κ2) is 5.99. The first-order chi connectivity index (χ1) is 7.13. The van der Waals surface area contributed by atoms with Crippen molar-refractivity contribution in [3.63, 3.8) is 0 Å². The minimum atomic E-state index is 0.739. The summed E-state index contributed by atoms with van der Waals surface area (Å²) < 4.78 is 0. The maximum absolute atomic E-state index is 5.76. The van der Waals surface area contributed by atoms with Gasteiger partial charge in [0, 0.05) is 5.70 Å². The fourth-order valence-electron chi connectivity index (χ4n) is 2.00. The second-order valence-corrected chi connectivity index (χ2v) is 4.97. The van der Waals surface area contributed by atoms with E-state index >= 15 is 0 Å².